The lowest BCUT2D eigenvalue weighted by molar-refractivity contribution is -0.117. The summed E-state index contributed by atoms with van der Waals surface area (Å²) < 4.78 is 6.19. The van der Waals surface area contributed by atoms with Gasteiger partial charge < -0.3 is 10.1 Å². The molecule has 3 aromatic rings. The van der Waals surface area contributed by atoms with Gasteiger partial charge in [-0.1, -0.05) is 52.0 Å². The van der Waals surface area contributed by atoms with E-state index in [1.165, 1.54) is 16.7 Å². The number of hydrogen-bond acceptors (Lipinski definition) is 5. The number of benzene rings is 3. The van der Waals surface area contributed by atoms with Gasteiger partial charge in [-0.3, -0.25) is 14.5 Å². The molecule has 2 amide bonds. The largest absolute Gasteiger partial charge is 0.497 e. The minimum Gasteiger partial charge on any atom is -0.497 e. The predicted octanol–water partition coefficient (Wildman–Crippen LogP) is 5.83. The number of nitrogens with zero attached hydrogens (tertiary/aromatic N) is 2. The number of amides is 2. The Hall–Kier alpha value is -3.54. The first-order valence-corrected chi connectivity index (χ1v) is 12.5. The molecule has 1 saturated heterocycles. The predicted molar refractivity (Wildman–Crippen MR) is 142 cm³/mol. The Morgan fingerprint density at radius 1 is 1.14 bits per heavy atom. The Labute approximate surface area is 216 Å². The van der Waals surface area contributed by atoms with Gasteiger partial charge in [-0.15, -0.1) is 0 Å². The molecule has 1 heterocycles. The fourth-order valence-corrected chi connectivity index (χ4v) is 5.28. The van der Waals surface area contributed by atoms with Gasteiger partial charge in [0.15, 0.2) is 0 Å². The molecule has 8 heteroatoms. The molecule has 0 saturated carbocycles. The summed E-state index contributed by atoms with van der Waals surface area (Å²) in [4.78, 5) is 28.2. The molecule has 1 N–H and O–H groups in total. The highest BCUT2D eigenvalue weighted by Gasteiger charge is 2.40. The average Bonchev–Trinajstić information content (AvgIpc) is 3.16. The number of methoxy groups -OCH3 is 1. The van der Waals surface area contributed by atoms with Crippen LogP contribution in [0.1, 0.15) is 11.1 Å². The molecule has 1 fully saturated rings. The van der Waals surface area contributed by atoms with E-state index in [1.807, 2.05) is 55.5 Å². The maximum absolute atomic E-state index is 13.6. The van der Waals surface area contributed by atoms with Crippen molar-refractivity contribution in [2.75, 3.05) is 17.3 Å². The Bertz CT molecular complexity index is 1330. The monoisotopic (exact) mass is 547 g/mol. The minimum absolute atomic E-state index is 0.112. The molecule has 0 aliphatic carbocycles. The van der Waals surface area contributed by atoms with Crippen molar-refractivity contribution in [3.8, 4) is 11.8 Å². The smallest absolute Gasteiger partial charge is 0.269 e. The number of carbonyl (C=O) groups excluding carboxylic acids is 2. The van der Waals surface area contributed by atoms with Crippen molar-refractivity contribution in [2.24, 2.45) is 0 Å². The summed E-state index contributed by atoms with van der Waals surface area (Å²) in [6.07, 6.45) is 0.463. The number of nitrogens with one attached hydrogen (secondary N) is 1. The first-order valence-electron chi connectivity index (χ1n) is 10.8. The third-order valence-electron chi connectivity index (χ3n) is 5.45. The number of carbonyl (C=O) groups is 2. The van der Waals surface area contributed by atoms with E-state index < -0.39 is 11.2 Å². The number of thioether (sulfide) groups is 1. The van der Waals surface area contributed by atoms with E-state index in [9.17, 15) is 14.9 Å². The lowest BCUT2D eigenvalue weighted by atomic mass is 10.1. The van der Waals surface area contributed by atoms with E-state index in [2.05, 4.69) is 21.2 Å². The van der Waals surface area contributed by atoms with E-state index in [4.69, 9.17) is 4.74 Å². The molecule has 4 rings (SSSR count). The lowest BCUT2D eigenvalue weighted by Crippen LogP contribution is -2.30. The molecule has 0 aromatic heterocycles. The average molecular weight is 548 g/mol. The van der Waals surface area contributed by atoms with Gasteiger partial charge in [0.05, 0.1) is 12.4 Å². The van der Waals surface area contributed by atoms with Crippen LogP contribution >= 0.6 is 27.7 Å². The summed E-state index contributed by atoms with van der Waals surface area (Å²) in [7, 11) is 1.56. The molecule has 1 aliphatic rings. The zero-order chi connectivity index (χ0) is 24.9. The number of anilines is 2. The topological polar surface area (TPSA) is 82.4 Å². The number of halogens is 1. The van der Waals surface area contributed by atoms with Crippen LogP contribution in [0.5, 0.6) is 5.75 Å². The molecule has 1 aliphatic heterocycles. The maximum atomic E-state index is 13.6. The molecular formula is C27H22BrN3O3S. The summed E-state index contributed by atoms with van der Waals surface area (Å²) >= 11 is 4.66. The van der Waals surface area contributed by atoms with Crippen LogP contribution in [0.2, 0.25) is 0 Å². The summed E-state index contributed by atoms with van der Waals surface area (Å²) in [5, 5.41) is 12.6. The fourth-order valence-electron chi connectivity index (χ4n) is 3.70. The third kappa shape index (κ3) is 5.59. The van der Waals surface area contributed by atoms with Crippen molar-refractivity contribution in [1.82, 2.24) is 0 Å². The van der Waals surface area contributed by atoms with Gasteiger partial charge in [0.1, 0.15) is 22.4 Å². The van der Waals surface area contributed by atoms with Crippen LogP contribution in [0.25, 0.3) is 0 Å². The van der Waals surface area contributed by atoms with E-state index in [0.717, 1.165) is 15.6 Å². The van der Waals surface area contributed by atoms with Crippen molar-refractivity contribution in [3.05, 3.63) is 99.0 Å². The maximum Gasteiger partial charge on any atom is 0.269 e. The molecular weight excluding hydrogens is 526 g/mol. The van der Waals surface area contributed by atoms with Crippen LogP contribution < -0.4 is 15.0 Å². The van der Waals surface area contributed by atoms with Gasteiger partial charge in [0, 0.05) is 15.8 Å². The van der Waals surface area contributed by atoms with Crippen molar-refractivity contribution in [3.63, 3.8) is 0 Å². The number of aryl methyl sites for hydroxylation is 1. The summed E-state index contributed by atoms with van der Waals surface area (Å²) in [5.74, 6) is -0.104. The highest BCUT2D eigenvalue weighted by Crippen LogP contribution is 2.42. The second-order valence-corrected chi connectivity index (χ2v) is 10.0. The molecule has 1 atom stereocenters. The Morgan fingerprint density at radius 3 is 2.49 bits per heavy atom. The minimum atomic E-state index is -0.559. The van der Waals surface area contributed by atoms with Crippen molar-refractivity contribution in [1.29, 1.82) is 5.26 Å². The second-order valence-electron chi connectivity index (χ2n) is 7.92. The molecule has 0 bridgehead atoms. The van der Waals surface area contributed by atoms with E-state index >= 15 is 0 Å². The number of hydrogen-bond donors (Lipinski definition) is 1. The van der Waals surface area contributed by atoms with E-state index in [0.29, 0.717) is 28.6 Å². The van der Waals surface area contributed by atoms with Crippen LogP contribution in [0.15, 0.2) is 87.9 Å². The Balaban J connectivity index is 1.72. The first-order chi connectivity index (χ1) is 16.9. The molecule has 35 heavy (non-hydrogen) atoms. The Morgan fingerprint density at radius 2 is 1.86 bits per heavy atom. The highest BCUT2D eigenvalue weighted by molar-refractivity contribution is 9.10. The van der Waals surface area contributed by atoms with E-state index in [-0.39, 0.29) is 11.5 Å². The lowest BCUT2D eigenvalue weighted by Gasteiger charge is -2.19. The molecule has 176 valence electrons. The van der Waals surface area contributed by atoms with Crippen molar-refractivity contribution in [2.45, 2.75) is 18.6 Å². The second kappa shape index (κ2) is 10.8. The molecule has 1 unspecified atom stereocenters. The molecule has 3 aromatic carbocycles. The van der Waals surface area contributed by atoms with Gasteiger partial charge in [0.25, 0.3) is 5.91 Å². The van der Waals surface area contributed by atoms with Crippen LogP contribution in [0.4, 0.5) is 11.4 Å². The summed E-state index contributed by atoms with van der Waals surface area (Å²) in [6.45, 7) is 1.92. The highest BCUT2D eigenvalue weighted by atomic mass is 79.9. The normalized spacial score (nSPS) is 16.6. The molecule has 0 spiro atoms. The zero-order valence-corrected chi connectivity index (χ0v) is 21.5. The number of ether oxygens (including phenoxy) is 1. The summed E-state index contributed by atoms with van der Waals surface area (Å²) in [5.41, 5.74) is 3.00. The standard InChI is InChI=1S/C27H22BrN3O3S/c1-17-4-3-5-20(14-17)30-25(32)23(16-29)27-31(21-10-12-22(34-2)13-11-21)26(33)24(35-27)15-18-6-8-19(28)9-7-18/h3-14,24H,15H2,1-2H3,(H,30,32)/b27-23-. The quantitative estimate of drug-likeness (QED) is 0.310. The number of nitriles is 1. The van der Waals surface area contributed by atoms with Gasteiger partial charge in [0.2, 0.25) is 5.91 Å². The summed E-state index contributed by atoms with van der Waals surface area (Å²) in [6, 6.07) is 24.1. The van der Waals surface area contributed by atoms with Crippen LogP contribution in [-0.4, -0.2) is 24.2 Å². The zero-order valence-electron chi connectivity index (χ0n) is 19.1. The van der Waals surface area contributed by atoms with Crippen LogP contribution in [0, 0.1) is 18.3 Å². The van der Waals surface area contributed by atoms with Crippen LogP contribution in [0.3, 0.4) is 0 Å². The third-order valence-corrected chi connectivity index (χ3v) is 7.24. The first kappa shape index (κ1) is 24.6. The van der Waals surface area contributed by atoms with Crippen molar-refractivity contribution >= 4 is 50.9 Å². The van der Waals surface area contributed by atoms with E-state index in [1.54, 1.807) is 37.4 Å². The molecule has 6 nitrogen and oxygen atoms in total. The van der Waals surface area contributed by atoms with Crippen molar-refractivity contribution < 1.29 is 14.3 Å². The molecule has 0 radical (unpaired) electrons. The van der Waals surface area contributed by atoms with Gasteiger partial charge in [-0.2, -0.15) is 5.26 Å². The van der Waals surface area contributed by atoms with Crippen LogP contribution in [-0.2, 0) is 16.0 Å². The van der Waals surface area contributed by atoms with Gasteiger partial charge >= 0.3 is 0 Å². The number of rotatable bonds is 6. The van der Waals surface area contributed by atoms with Gasteiger partial charge in [-0.05, 0) is 73.0 Å². The Kier molecular flexibility index (Phi) is 7.59. The SMILES string of the molecule is COc1ccc(N2C(=O)C(Cc3ccc(Br)cc3)S/C2=C(/C#N)C(=O)Nc2cccc(C)c2)cc1. The van der Waals surface area contributed by atoms with Gasteiger partial charge in [-0.25, -0.2) is 0 Å². The fraction of sp³-hybridized carbons (Fsp3) is 0.148.